The quantitative estimate of drug-likeness (QED) is 0.0171. The number of fused-ring (bicyclic) bond motifs is 2. The zero-order valence-electron chi connectivity index (χ0n) is 54.5. The van der Waals surface area contributed by atoms with E-state index in [1.165, 1.54) is 16.7 Å². The molecule has 0 amide bonds. The van der Waals surface area contributed by atoms with Crippen LogP contribution in [0.4, 0.5) is 11.4 Å². The summed E-state index contributed by atoms with van der Waals surface area (Å²) in [5.74, 6) is -1.39. The minimum atomic E-state index is -4.26. The average Bonchev–Trinajstić information content (AvgIpc) is 1.61. The van der Waals surface area contributed by atoms with E-state index >= 15 is 0 Å². The third-order valence-corrected chi connectivity index (χ3v) is 18.1. The van der Waals surface area contributed by atoms with Crippen LogP contribution in [0.2, 0.25) is 0 Å². The Morgan fingerprint density at radius 1 is 0.474 bits per heavy atom. The molecule has 0 aromatic heterocycles. The van der Waals surface area contributed by atoms with E-state index in [9.17, 15) is 47.3 Å². The van der Waals surface area contributed by atoms with E-state index in [-0.39, 0.29) is 152 Å². The molecule has 0 aliphatic carbocycles. The Labute approximate surface area is 669 Å². The Kier molecular flexibility index (Phi) is 49.0. The summed E-state index contributed by atoms with van der Waals surface area (Å²) in [6, 6.07) is 47.8. The summed E-state index contributed by atoms with van der Waals surface area (Å²) in [6.07, 6.45) is 31.3. The largest absolute Gasteiger partial charge is 1.00 e. The fourth-order valence-electron chi connectivity index (χ4n) is 10.4. The van der Waals surface area contributed by atoms with Gasteiger partial charge in [-0.1, -0.05) is 209 Å². The number of allylic oxidation sites excluding steroid dienone is 11. The normalized spacial score (nSPS) is 15.7. The van der Waals surface area contributed by atoms with E-state index in [1.54, 1.807) is 0 Å². The molecule has 0 saturated carbocycles. The summed E-state index contributed by atoms with van der Waals surface area (Å²) in [4.78, 5) is 0. The van der Waals surface area contributed by atoms with Crippen molar-refractivity contribution in [2.45, 2.75) is 116 Å². The number of para-hydroxylation sites is 1. The van der Waals surface area contributed by atoms with Gasteiger partial charge in [-0.2, -0.15) is 31.2 Å². The van der Waals surface area contributed by atoms with Crippen LogP contribution in [0.5, 0.6) is 0 Å². The molecule has 0 saturated heterocycles. The topological polar surface area (TPSA) is 334 Å². The van der Waals surface area contributed by atoms with Gasteiger partial charge in [-0.15, -0.1) is 31.3 Å². The second-order valence-electron chi connectivity index (χ2n) is 21.8. The molecule has 29 heteroatoms. The van der Waals surface area contributed by atoms with Crippen molar-refractivity contribution in [3.05, 3.63) is 234 Å². The van der Waals surface area contributed by atoms with Crippen LogP contribution in [-0.4, -0.2) is 134 Å². The molecule has 1 N–H and O–H groups in total. The van der Waals surface area contributed by atoms with Crippen LogP contribution in [0, 0.1) is 6.07 Å². The number of halogens is 1. The Morgan fingerprint density at radius 3 is 1.32 bits per heavy atom. The van der Waals surface area contributed by atoms with E-state index in [4.69, 9.17) is 29.8 Å². The van der Waals surface area contributed by atoms with E-state index in [0.717, 1.165) is 46.8 Å². The minimum Gasteiger partial charge on any atom is -1.00 e. The van der Waals surface area contributed by atoms with Crippen LogP contribution >= 0.6 is 0 Å². The van der Waals surface area contributed by atoms with Crippen LogP contribution in [-0.2, 0) is 85.4 Å². The number of rotatable bonds is 30. The minimum absolute atomic E-state index is 0. The Hall–Kier alpha value is -3.68. The van der Waals surface area contributed by atoms with Crippen LogP contribution in [0.25, 0.3) is 6.08 Å². The third kappa shape index (κ3) is 40.5. The second-order valence-corrected chi connectivity index (χ2v) is 28.8. The zero-order chi connectivity index (χ0) is 69.0. The monoisotopic (exact) mass is 1520 g/mol. The van der Waals surface area contributed by atoms with Gasteiger partial charge in [0.1, 0.15) is 18.8 Å². The van der Waals surface area contributed by atoms with Gasteiger partial charge in [0.05, 0.1) is 41.5 Å². The van der Waals surface area contributed by atoms with Crippen LogP contribution in [0.15, 0.2) is 200 Å². The van der Waals surface area contributed by atoms with Crippen molar-refractivity contribution in [3.8, 4) is 0 Å². The molecule has 0 radical (unpaired) electrons. The summed E-state index contributed by atoms with van der Waals surface area (Å²) in [5, 5.41) is 0. The van der Waals surface area contributed by atoms with E-state index < -0.39 is 72.9 Å². The molecule has 5 aromatic rings. The molecule has 520 valence electrons. The maximum atomic E-state index is 11.2. The number of unbranched alkanes of at least 4 members (excludes halogenated alkanes) is 4. The third-order valence-electron chi connectivity index (χ3n) is 15.0. The van der Waals surface area contributed by atoms with Gasteiger partial charge < -0.3 is 26.1 Å². The average molecular weight is 1520 g/mol. The van der Waals surface area contributed by atoms with Gasteiger partial charge in [0.25, 0.3) is 10.1 Å². The molecule has 7 rings (SSSR count). The molecular weight excluding hydrogens is 1440 g/mol. The molecule has 97 heavy (non-hydrogen) atoms. The molecule has 5 aromatic carbocycles. The van der Waals surface area contributed by atoms with Gasteiger partial charge in [-0.25, -0.2) is 29.8 Å². The molecule has 2 unspecified atom stereocenters. The van der Waals surface area contributed by atoms with Crippen LogP contribution in [0.1, 0.15) is 120 Å². The van der Waals surface area contributed by atoms with Gasteiger partial charge in [-0.05, 0) is 75.0 Å². The number of nitrogens with zero attached hydrogens (tertiary/aromatic N) is 2. The fraction of sp³-hybridized carbons (Fsp3) is 0.353. The predicted molar refractivity (Wildman–Crippen MR) is 366 cm³/mol. The zero-order valence-corrected chi connectivity index (χ0v) is 66.4. The first-order valence-corrected chi connectivity index (χ1v) is 38.0. The van der Waals surface area contributed by atoms with Crippen LogP contribution in [0.3, 0.4) is 0 Å². The molecule has 2 aliphatic rings. The van der Waals surface area contributed by atoms with E-state index in [1.807, 2.05) is 110 Å². The van der Waals surface area contributed by atoms with Gasteiger partial charge >= 0.3 is 124 Å². The standard InChI is InChI=1S/C30H37NO6S2.C19H18.C18H27NO6S2.CH4.ClH.2K.2O3S/c1-30(22-12-14-24-38(32,33)34)27-19-10-11-20-28(27)31(23-13-15-25-39(35,36)37)29(30)21-9-4-2-3-6-16-26-17-7-5-8-18-26;1(2-6-12-18-14-8-4-9-15-18)3-7-13-19-16-10-5-11-17-19;1-15-18(2,11-5-7-13-26(20,21)22)16-9-3-4-10-17(16)19(15)12-6-8-14-27(23,24)25;;;;;2*1-4(2)3/h2-11,17-21H,12-16,22-25H2,1H3,(H-,32,33,34,35,36,37);1-12,14-17H,13H2;4,9-10H,5-8,11-14H2,1-2H3,(H,20,21,22)(H,23,24,25);1H4;1H;;;;/q;;;;;2*+1;;/p-3/b4-2+,6-3+,21-9+;2-1+,7-3+,12-6+;;;;;;;. The molecule has 2 aliphatic heterocycles. The second kappa shape index (κ2) is 49.8. The first kappa shape index (κ1) is 95.4. The Morgan fingerprint density at radius 2 is 0.856 bits per heavy atom. The van der Waals surface area contributed by atoms with Crippen molar-refractivity contribution in [2.75, 3.05) is 36.1 Å². The van der Waals surface area contributed by atoms with Gasteiger partial charge in [0, 0.05) is 60.1 Å². The first-order valence-electron chi connectivity index (χ1n) is 29.6. The van der Waals surface area contributed by atoms with Crippen LogP contribution < -0.4 is 115 Å². The molecular formula is C68H84ClK2N2O18S6-. The fourth-order valence-corrected chi connectivity index (χ4v) is 12.7. The van der Waals surface area contributed by atoms with Crippen molar-refractivity contribution >= 4 is 90.6 Å². The molecule has 0 bridgehead atoms. The maximum absolute atomic E-state index is 11.2. The SMILES string of the molecule is C.C(=C\C=C\c1ccccc1)/C=C/Cc1ccccc1.CC1(CCCCS(=O)(=O)O)C(/C=C/C=C/C=C/Cc2ccccc2)=[N+](CCCCS(=O)(=O)[O-])c2ccccc21.CC1=[N+](CCCCS(=O)(=O)[O-])c2cc[c-]cc2C1(C)CCCCS(=O)(=O)[O-].O=S(=O)=O.O=S(=O)=O.[Cl-].[K+].[K+]. The number of hydrogen-bond donors (Lipinski definition) is 1. The summed E-state index contributed by atoms with van der Waals surface area (Å²) in [5.41, 5.74) is 9.45. The first-order chi connectivity index (χ1) is 43.8. The smallest absolute Gasteiger partial charge is 1.00 e. The Bertz CT molecular complexity index is 4140. The van der Waals surface area contributed by atoms with E-state index in [0.29, 0.717) is 70.9 Å². The molecule has 2 heterocycles. The number of hydrogen-bond acceptors (Lipinski definition) is 17. The molecule has 0 spiro atoms. The summed E-state index contributed by atoms with van der Waals surface area (Å²) in [7, 11) is -22.9. The van der Waals surface area contributed by atoms with Gasteiger partial charge in [0.2, 0.25) is 5.69 Å². The molecule has 20 nitrogen and oxygen atoms in total. The summed E-state index contributed by atoms with van der Waals surface area (Å²) >= 11 is 0. The summed E-state index contributed by atoms with van der Waals surface area (Å²) in [6.45, 7) is 7.37. The van der Waals surface area contributed by atoms with E-state index in [2.05, 4.69) is 132 Å². The van der Waals surface area contributed by atoms with Gasteiger partial charge in [-0.3, -0.25) is 4.55 Å². The predicted octanol–water partition coefficient (Wildman–Crippen LogP) is 1.94. The van der Waals surface area contributed by atoms with Crippen molar-refractivity contribution in [1.82, 2.24) is 0 Å². The van der Waals surface area contributed by atoms with Crippen molar-refractivity contribution in [2.24, 2.45) is 0 Å². The van der Waals surface area contributed by atoms with Crippen molar-refractivity contribution in [1.29, 1.82) is 0 Å². The van der Waals surface area contributed by atoms with Gasteiger partial charge in [0.15, 0.2) is 11.4 Å². The van der Waals surface area contributed by atoms with Crippen molar-refractivity contribution in [3.63, 3.8) is 0 Å². The van der Waals surface area contributed by atoms with Crippen molar-refractivity contribution < 1.29 is 201 Å². The number of benzene rings is 5. The molecule has 2 atom stereocenters. The Balaban J connectivity index is 0. The maximum Gasteiger partial charge on any atom is 1.00 e. The molecule has 0 fully saturated rings. The summed E-state index contributed by atoms with van der Waals surface area (Å²) < 4.78 is 184.